The smallest absolute Gasteiger partial charge is 0.319 e. The zero-order valence-corrected chi connectivity index (χ0v) is 10.8. The van der Waals surface area contributed by atoms with Crippen molar-refractivity contribution in [1.29, 1.82) is 0 Å². The van der Waals surface area contributed by atoms with Gasteiger partial charge in [-0.15, -0.1) is 11.3 Å². The molecule has 0 bridgehead atoms. The van der Waals surface area contributed by atoms with Crippen LogP contribution < -0.4 is 0 Å². The van der Waals surface area contributed by atoms with E-state index in [0.29, 0.717) is 10.9 Å². The Kier molecular flexibility index (Phi) is 3.86. The largest absolute Gasteiger partial charge is 0.465 e. The van der Waals surface area contributed by atoms with Gasteiger partial charge in [0, 0.05) is 0 Å². The highest BCUT2D eigenvalue weighted by molar-refractivity contribution is 7.88. The number of ether oxygens (including phenoxy) is 1. The molecule has 0 aliphatic carbocycles. The number of hydrogen-bond acceptors (Lipinski definition) is 5. The van der Waals surface area contributed by atoms with E-state index in [-0.39, 0.29) is 5.75 Å². The van der Waals surface area contributed by atoms with Crippen LogP contribution in [0.15, 0.2) is 28.6 Å². The van der Waals surface area contributed by atoms with Gasteiger partial charge in [0.2, 0.25) is 0 Å². The SMILES string of the molecule is CCOC(=O)C[S@@](=O)c1nc2ccccc2s1. The molecule has 0 fully saturated rings. The van der Waals surface area contributed by atoms with Gasteiger partial charge >= 0.3 is 5.97 Å². The lowest BCUT2D eigenvalue weighted by atomic mass is 10.3. The molecule has 90 valence electrons. The van der Waals surface area contributed by atoms with Gasteiger partial charge in [-0.1, -0.05) is 12.1 Å². The summed E-state index contributed by atoms with van der Waals surface area (Å²) in [4.78, 5) is 15.4. The van der Waals surface area contributed by atoms with Gasteiger partial charge in [-0.25, -0.2) is 4.98 Å². The Hall–Kier alpha value is -1.27. The summed E-state index contributed by atoms with van der Waals surface area (Å²) in [5.74, 6) is -0.585. The van der Waals surface area contributed by atoms with Crippen LogP contribution in [0.3, 0.4) is 0 Å². The molecule has 2 aromatic rings. The molecule has 0 saturated heterocycles. The predicted octanol–water partition coefficient (Wildman–Crippen LogP) is 1.97. The molecule has 6 heteroatoms. The van der Waals surface area contributed by atoms with E-state index in [0.717, 1.165) is 10.2 Å². The molecule has 1 atom stereocenters. The summed E-state index contributed by atoms with van der Waals surface area (Å²) in [6, 6.07) is 7.55. The Morgan fingerprint density at radius 1 is 1.47 bits per heavy atom. The van der Waals surface area contributed by atoms with Crippen molar-refractivity contribution in [2.75, 3.05) is 12.4 Å². The summed E-state index contributed by atoms with van der Waals surface area (Å²) in [7, 11) is -1.41. The van der Waals surface area contributed by atoms with E-state index < -0.39 is 16.8 Å². The molecule has 17 heavy (non-hydrogen) atoms. The normalized spacial score (nSPS) is 12.5. The van der Waals surface area contributed by atoms with Crippen molar-refractivity contribution in [1.82, 2.24) is 4.98 Å². The molecule has 0 saturated carbocycles. The van der Waals surface area contributed by atoms with Gasteiger partial charge in [0.1, 0.15) is 5.75 Å². The minimum Gasteiger partial charge on any atom is -0.465 e. The lowest BCUT2D eigenvalue weighted by molar-refractivity contribution is -0.139. The van der Waals surface area contributed by atoms with E-state index in [1.54, 1.807) is 6.92 Å². The fourth-order valence-electron chi connectivity index (χ4n) is 1.32. The van der Waals surface area contributed by atoms with Crippen molar-refractivity contribution in [2.24, 2.45) is 0 Å². The maximum absolute atomic E-state index is 11.9. The number of rotatable bonds is 4. The number of aromatic nitrogens is 1. The number of para-hydroxylation sites is 1. The lowest BCUT2D eigenvalue weighted by Gasteiger charge is -1.98. The van der Waals surface area contributed by atoms with Crippen LogP contribution in [-0.2, 0) is 20.3 Å². The molecule has 0 N–H and O–H groups in total. The van der Waals surface area contributed by atoms with E-state index in [1.807, 2.05) is 24.3 Å². The topological polar surface area (TPSA) is 56.3 Å². The molecule has 0 spiro atoms. The summed E-state index contributed by atoms with van der Waals surface area (Å²) in [6.45, 7) is 2.02. The molecule has 0 aliphatic rings. The second-order valence-corrected chi connectivity index (χ2v) is 5.90. The van der Waals surface area contributed by atoms with Crippen LogP contribution >= 0.6 is 11.3 Å². The first kappa shape index (κ1) is 12.2. The molecule has 4 nitrogen and oxygen atoms in total. The van der Waals surface area contributed by atoms with E-state index in [4.69, 9.17) is 4.74 Å². The van der Waals surface area contributed by atoms with Crippen LogP contribution in [-0.4, -0.2) is 27.5 Å². The van der Waals surface area contributed by atoms with E-state index in [1.165, 1.54) is 11.3 Å². The van der Waals surface area contributed by atoms with Crippen LogP contribution in [0.5, 0.6) is 0 Å². The summed E-state index contributed by atoms with van der Waals surface area (Å²) >= 11 is 1.35. The van der Waals surface area contributed by atoms with Crippen molar-refractivity contribution >= 4 is 38.3 Å². The monoisotopic (exact) mass is 269 g/mol. The van der Waals surface area contributed by atoms with Crippen LogP contribution in [0.25, 0.3) is 10.2 Å². The molecule has 2 rings (SSSR count). The highest BCUT2D eigenvalue weighted by Gasteiger charge is 2.15. The third-order valence-electron chi connectivity index (χ3n) is 2.02. The fraction of sp³-hybridized carbons (Fsp3) is 0.273. The highest BCUT2D eigenvalue weighted by Crippen LogP contribution is 2.23. The van der Waals surface area contributed by atoms with Gasteiger partial charge in [-0.2, -0.15) is 0 Å². The van der Waals surface area contributed by atoms with Crippen molar-refractivity contribution < 1.29 is 13.7 Å². The lowest BCUT2D eigenvalue weighted by Crippen LogP contribution is -2.13. The van der Waals surface area contributed by atoms with Crippen LogP contribution in [0.2, 0.25) is 0 Å². The zero-order valence-electron chi connectivity index (χ0n) is 9.21. The van der Waals surface area contributed by atoms with Crippen LogP contribution in [0.4, 0.5) is 0 Å². The van der Waals surface area contributed by atoms with Crippen molar-refractivity contribution in [2.45, 2.75) is 11.3 Å². The molecular weight excluding hydrogens is 258 g/mol. The molecule has 0 amide bonds. The van der Waals surface area contributed by atoms with E-state index in [2.05, 4.69) is 4.98 Å². The predicted molar refractivity (Wildman–Crippen MR) is 67.5 cm³/mol. The van der Waals surface area contributed by atoms with Gasteiger partial charge in [0.25, 0.3) is 0 Å². The minimum atomic E-state index is -1.41. The van der Waals surface area contributed by atoms with E-state index in [9.17, 15) is 9.00 Å². The van der Waals surface area contributed by atoms with Gasteiger partial charge in [0.15, 0.2) is 4.34 Å². The molecule has 0 aliphatic heterocycles. The molecule has 0 unspecified atom stereocenters. The van der Waals surface area contributed by atoms with Gasteiger partial charge in [0.05, 0.1) is 27.6 Å². The van der Waals surface area contributed by atoms with Crippen LogP contribution in [0.1, 0.15) is 6.92 Å². The van der Waals surface area contributed by atoms with Gasteiger partial charge in [-0.3, -0.25) is 9.00 Å². The number of nitrogens with zero attached hydrogens (tertiary/aromatic N) is 1. The second-order valence-electron chi connectivity index (χ2n) is 3.24. The molecular formula is C11H11NO3S2. The number of hydrogen-bond donors (Lipinski definition) is 0. The van der Waals surface area contributed by atoms with Crippen molar-refractivity contribution in [3.8, 4) is 0 Å². The maximum Gasteiger partial charge on any atom is 0.319 e. The third-order valence-corrected chi connectivity index (χ3v) is 4.64. The molecule has 1 aromatic heterocycles. The molecule has 1 aromatic carbocycles. The first-order valence-electron chi connectivity index (χ1n) is 5.10. The summed E-state index contributed by atoms with van der Waals surface area (Å²) < 4.78 is 18.1. The Balaban J connectivity index is 2.16. The second kappa shape index (κ2) is 5.37. The van der Waals surface area contributed by atoms with Gasteiger partial charge < -0.3 is 4.74 Å². The van der Waals surface area contributed by atoms with E-state index >= 15 is 0 Å². The molecule has 0 radical (unpaired) electrons. The third kappa shape index (κ3) is 2.89. The first-order valence-corrected chi connectivity index (χ1v) is 7.24. The number of thiazole rings is 1. The number of carbonyl (C=O) groups is 1. The van der Waals surface area contributed by atoms with Gasteiger partial charge in [-0.05, 0) is 19.1 Å². The Morgan fingerprint density at radius 3 is 2.94 bits per heavy atom. The number of benzene rings is 1. The number of carbonyl (C=O) groups excluding carboxylic acids is 1. The number of esters is 1. The standard InChI is InChI=1S/C11H11NO3S2/c1-2-15-10(13)7-17(14)11-12-8-5-3-4-6-9(8)16-11/h3-6H,2,7H2,1H3/t17-/m1/s1. The molecule has 1 heterocycles. The van der Waals surface area contributed by atoms with Crippen LogP contribution in [0, 0.1) is 0 Å². The van der Waals surface area contributed by atoms with Crippen molar-refractivity contribution in [3.63, 3.8) is 0 Å². The average molecular weight is 269 g/mol. The fourth-order valence-corrected chi connectivity index (χ4v) is 3.46. The maximum atomic E-state index is 11.9. The minimum absolute atomic E-state index is 0.131. The Bertz CT molecular complexity index is 532. The quantitative estimate of drug-likeness (QED) is 0.796. The Morgan fingerprint density at radius 2 is 2.24 bits per heavy atom. The first-order chi connectivity index (χ1) is 8.20. The Labute approximate surface area is 105 Å². The zero-order chi connectivity index (χ0) is 12.3. The summed E-state index contributed by atoms with van der Waals surface area (Å²) in [5.41, 5.74) is 0.810. The van der Waals surface area contributed by atoms with Crippen molar-refractivity contribution in [3.05, 3.63) is 24.3 Å². The highest BCUT2D eigenvalue weighted by atomic mass is 32.2. The summed E-state index contributed by atoms with van der Waals surface area (Å²) in [6.07, 6.45) is 0. The summed E-state index contributed by atoms with van der Waals surface area (Å²) in [5, 5.41) is 0. The number of fused-ring (bicyclic) bond motifs is 1. The average Bonchev–Trinajstić information content (AvgIpc) is 2.72.